The van der Waals surface area contributed by atoms with E-state index < -0.39 is 0 Å². The highest BCUT2D eigenvalue weighted by Crippen LogP contribution is 2.28. The molecule has 1 unspecified atom stereocenters. The molecule has 96 valence electrons. The standard InChI is InChI=1S/C14H20N4/c1-10-7-8-18-13(9-10)16-14(17-18)15-11(2)12-5-3-4-6-12/h7-9,11-12H,3-6H2,1-2H3,(H,15,17). The van der Waals surface area contributed by atoms with E-state index in [1.165, 1.54) is 31.2 Å². The fourth-order valence-corrected chi connectivity index (χ4v) is 2.82. The number of anilines is 1. The first-order valence-corrected chi connectivity index (χ1v) is 6.82. The Hall–Kier alpha value is -1.58. The highest BCUT2D eigenvalue weighted by atomic mass is 15.3. The maximum Gasteiger partial charge on any atom is 0.243 e. The average Bonchev–Trinajstić information content (AvgIpc) is 2.95. The predicted octanol–water partition coefficient (Wildman–Crippen LogP) is 3.03. The molecular weight excluding hydrogens is 224 g/mol. The molecular formula is C14H20N4. The molecule has 2 aromatic heterocycles. The fraction of sp³-hybridized carbons (Fsp3) is 0.571. The summed E-state index contributed by atoms with van der Waals surface area (Å²) in [4.78, 5) is 4.53. The summed E-state index contributed by atoms with van der Waals surface area (Å²) in [6, 6.07) is 4.57. The Morgan fingerprint density at radius 3 is 2.94 bits per heavy atom. The van der Waals surface area contributed by atoms with E-state index in [4.69, 9.17) is 0 Å². The first kappa shape index (κ1) is 11.5. The minimum atomic E-state index is 0.464. The van der Waals surface area contributed by atoms with E-state index >= 15 is 0 Å². The van der Waals surface area contributed by atoms with Crippen LogP contribution in [0.25, 0.3) is 5.65 Å². The van der Waals surface area contributed by atoms with Crippen LogP contribution in [0.1, 0.15) is 38.2 Å². The lowest BCUT2D eigenvalue weighted by Crippen LogP contribution is -2.24. The number of nitrogens with zero attached hydrogens (tertiary/aromatic N) is 3. The van der Waals surface area contributed by atoms with Gasteiger partial charge in [-0.3, -0.25) is 0 Å². The summed E-state index contributed by atoms with van der Waals surface area (Å²) in [5, 5.41) is 7.91. The Balaban J connectivity index is 1.77. The van der Waals surface area contributed by atoms with Gasteiger partial charge in [0.15, 0.2) is 5.65 Å². The molecule has 0 aliphatic heterocycles. The third-order valence-corrected chi connectivity index (χ3v) is 3.96. The average molecular weight is 244 g/mol. The van der Waals surface area contributed by atoms with Crippen LogP contribution in [0.2, 0.25) is 0 Å². The van der Waals surface area contributed by atoms with Crippen molar-refractivity contribution < 1.29 is 0 Å². The van der Waals surface area contributed by atoms with Gasteiger partial charge < -0.3 is 5.32 Å². The molecule has 1 aliphatic carbocycles. The van der Waals surface area contributed by atoms with Crippen LogP contribution in [0.15, 0.2) is 18.3 Å². The van der Waals surface area contributed by atoms with Crippen molar-refractivity contribution in [2.24, 2.45) is 5.92 Å². The van der Waals surface area contributed by atoms with Crippen molar-refractivity contribution in [2.45, 2.75) is 45.6 Å². The van der Waals surface area contributed by atoms with E-state index in [1.54, 1.807) is 0 Å². The molecule has 3 rings (SSSR count). The van der Waals surface area contributed by atoms with Crippen LogP contribution in [0, 0.1) is 12.8 Å². The van der Waals surface area contributed by atoms with Crippen LogP contribution in [-0.4, -0.2) is 20.6 Å². The number of pyridine rings is 1. The molecule has 2 heterocycles. The van der Waals surface area contributed by atoms with Crippen molar-refractivity contribution in [3.05, 3.63) is 23.9 Å². The molecule has 1 aliphatic rings. The van der Waals surface area contributed by atoms with Crippen LogP contribution in [0.5, 0.6) is 0 Å². The van der Waals surface area contributed by atoms with E-state index in [0.717, 1.165) is 17.5 Å². The van der Waals surface area contributed by atoms with Gasteiger partial charge in [0.1, 0.15) is 0 Å². The van der Waals surface area contributed by atoms with Gasteiger partial charge in [0.2, 0.25) is 5.95 Å². The van der Waals surface area contributed by atoms with Crippen molar-refractivity contribution in [1.29, 1.82) is 0 Å². The van der Waals surface area contributed by atoms with Gasteiger partial charge >= 0.3 is 0 Å². The minimum Gasteiger partial charge on any atom is -0.350 e. The summed E-state index contributed by atoms with van der Waals surface area (Å²) in [6.07, 6.45) is 7.37. The van der Waals surface area contributed by atoms with Gasteiger partial charge in [0, 0.05) is 12.2 Å². The van der Waals surface area contributed by atoms with E-state index in [-0.39, 0.29) is 0 Å². The Labute approximate surface area is 107 Å². The highest BCUT2D eigenvalue weighted by molar-refractivity contribution is 5.45. The van der Waals surface area contributed by atoms with Crippen molar-refractivity contribution in [3.8, 4) is 0 Å². The normalized spacial score (nSPS) is 18.3. The van der Waals surface area contributed by atoms with E-state index in [9.17, 15) is 0 Å². The molecule has 0 bridgehead atoms. The molecule has 1 atom stereocenters. The van der Waals surface area contributed by atoms with E-state index in [0.29, 0.717) is 6.04 Å². The summed E-state index contributed by atoms with van der Waals surface area (Å²) in [7, 11) is 0. The Morgan fingerprint density at radius 2 is 2.17 bits per heavy atom. The summed E-state index contributed by atoms with van der Waals surface area (Å²) >= 11 is 0. The Bertz CT molecular complexity index is 540. The molecule has 0 spiro atoms. The number of nitrogens with one attached hydrogen (secondary N) is 1. The lowest BCUT2D eigenvalue weighted by atomic mass is 10.0. The number of hydrogen-bond acceptors (Lipinski definition) is 3. The van der Waals surface area contributed by atoms with Crippen molar-refractivity contribution in [3.63, 3.8) is 0 Å². The maximum absolute atomic E-state index is 4.53. The maximum atomic E-state index is 4.53. The molecule has 18 heavy (non-hydrogen) atoms. The monoisotopic (exact) mass is 244 g/mol. The lowest BCUT2D eigenvalue weighted by molar-refractivity contribution is 0.480. The third-order valence-electron chi connectivity index (χ3n) is 3.96. The molecule has 0 saturated heterocycles. The lowest BCUT2D eigenvalue weighted by Gasteiger charge is -2.18. The first-order valence-electron chi connectivity index (χ1n) is 6.82. The molecule has 2 aromatic rings. The van der Waals surface area contributed by atoms with Crippen LogP contribution in [0.4, 0.5) is 5.95 Å². The second-order valence-electron chi connectivity index (χ2n) is 5.42. The van der Waals surface area contributed by atoms with E-state index in [1.807, 2.05) is 16.8 Å². The number of aryl methyl sites for hydroxylation is 1. The fourth-order valence-electron chi connectivity index (χ4n) is 2.82. The number of fused-ring (bicyclic) bond motifs is 1. The Kier molecular flexibility index (Phi) is 2.94. The van der Waals surface area contributed by atoms with Crippen LogP contribution < -0.4 is 5.32 Å². The molecule has 4 nitrogen and oxygen atoms in total. The number of hydrogen-bond donors (Lipinski definition) is 1. The van der Waals surface area contributed by atoms with Gasteiger partial charge in [-0.25, -0.2) is 4.52 Å². The third kappa shape index (κ3) is 2.19. The van der Waals surface area contributed by atoms with Gasteiger partial charge in [-0.1, -0.05) is 12.8 Å². The minimum absolute atomic E-state index is 0.464. The smallest absolute Gasteiger partial charge is 0.243 e. The summed E-state index contributed by atoms with van der Waals surface area (Å²) in [6.45, 7) is 4.32. The SMILES string of the molecule is Cc1ccn2nc(NC(C)C3CCCC3)nc2c1. The first-order chi connectivity index (χ1) is 8.72. The molecule has 1 fully saturated rings. The van der Waals surface area contributed by atoms with Gasteiger partial charge in [0.25, 0.3) is 0 Å². The Morgan fingerprint density at radius 1 is 1.39 bits per heavy atom. The van der Waals surface area contributed by atoms with E-state index in [2.05, 4.69) is 35.3 Å². The zero-order chi connectivity index (χ0) is 12.5. The van der Waals surface area contributed by atoms with Gasteiger partial charge in [-0.05, 0) is 50.3 Å². The van der Waals surface area contributed by atoms with Gasteiger partial charge in [0.05, 0.1) is 0 Å². The summed E-state index contributed by atoms with van der Waals surface area (Å²) in [5.41, 5.74) is 2.13. The van der Waals surface area contributed by atoms with Crippen LogP contribution in [-0.2, 0) is 0 Å². The molecule has 0 amide bonds. The number of aromatic nitrogens is 3. The molecule has 0 aromatic carbocycles. The van der Waals surface area contributed by atoms with Crippen LogP contribution in [0.3, 0.4) is 0 Å². The quantitative estimate of drug-likeness (QED) is 0.902. The second kappa shape index (κ2) is 4.59. The predicted molar refractivity (Wildman–Crippen MR) is 72.8 cm³/mol. The largest absolute Gasteiger partial charge is 0.350 e. The highest BCUT2D eigenvalue weighted by Gasteiger charge is 2.22. The number of rotatable bonds is 3. The second-order valence-corrected chi connectivity index (χ2v) is 5.42. The van der Waals surface area contributed by atoms with Gasteiger partial charge in [-0.2, -0.15) is 4.98 Å². The summed E-state index contributed by atoms with van der Waals surface area (Å²) in [5.74, 6) is 1.53. The molecule has 1 N–H and O–H groups in total. The molecule has 4 heteroatoms. The van der Waals surface area contributed by atoms with Crippen molar-refractivity contribution in [2.75, 3.05) is 5.32 Å². The zero-order valence-corrected chi connectivity index (χ0v) is 11.1. The molecule has 0 radical (unpaired) electrons. The summed E-state index contributed by atoms with van der Waals surface area (Å²) < 4.78 is 1.83. The topological polar surface area (TPSA) is 42.2 Å². The van der Waals surface area contributed by atoms with Crippen LogP contribution >= 0.6 is 0 Å². The zero-order valence-electron chi connectivity index (χ0n) is 11.1. The van der Waals surface area contributed by atoms with Crippen molar-refractivity contribution in [1.82, 2.24) is 14.6 Å². The van der Waals surface area contributed by atoms with Gasteiger partial charge in [-0.15, -0.1) is 5.10 Å². The van der Waals surface area contributed by atoms with Crippen molar-refractivity contribution >= 4 is 11.6 Å². The molecule has 1 saturated carbocycles.